The smallest absolute Gasteiger partial charge is 0.0992 e. The number of hydrogen-bond acceptors (Lipinski definition) is 3. The third-order valence-corrected chi connectivity index (χ3v) is 4.88. The van der Waals surface area contributed by atoms with E-state index in [1.54, 1.807) is 0 Å². The van der Waals surface area contributed by atoms with Gasteiger partial charge in [0.2, 0.25) is 0 Å². The molecular formula is C15H20N2S. The van der Waals surface area contributed by atoms with Crippen LogP contribution in [0.2, 0.25) is 0 Å². The summed E-state index contributed by atoms with van der Waals surface area (Å²) >= 11 is 2.01. The van der Waals surface area contributed by atoms with Crippen LogP contribution in [0.25, 0.3) is 0 Å². The maximum absolute atomic E-state index is 8.98. The van der Waals surface area contributed by atoms with Crippen molar-refractivity contribution in [3.8, 4) is 6.07 Å². The van der Waals surface area contributed by atoms with E-state index in [1.807, 2.05) is 30.0 Å². The van der Waals surface area contributed by atoms with Gasteiger partial charge in [0.05, 0.1) is 11.6 Å². The minimum atomic E-state index is 0.320. The Morgan fingerprint density at radius 3 is 2.89 bits per heavy atom. The molecule has 1 aromatic rings. The number of nitrogens with zero attached hydrogens (tertiary/aromatic N) is 1. The molecule has 3 heteroatoms. The molecule has 1 heterocycles. The van der Waals surface area contributed by atoms with Crippen molar-refractivity contribution in [2.75, 3.05) is 16.8 Å². The molecule has 1 aliphatic heterocycles. The van der Waals surface area contributed by atoms with Crippen molar-refractivity contribution < 1.29 is 0 Å². The Labute approximate surface area is 114 Å². The van der Waals surface area contributed by atoms with Crippen LogP contribution in [-0.2, 0) is 0 Å². The summed E-state index contributed by atoms with van der Waals surface area (Å²) < 4.78 is 0. The first kappa shape index (κ1) is 13.3. The van der Waals surface area contributed by atoms with Crippen molar-refractivity contribution in [3.05, 3.63) is 29.3 Å². The summed E-state index contributed by atoms with van der Waals surface area (Å²) in [6.45, 7) is 6.74. The van der Waals surface area contributed by atoms with E-state index < -0.39 is 0 Å². The number of nitriles is 1. The summed E-state index contributed by atoms with van der Waals surface area (Å²) in [7, 11) is 0. The third kappa shape index (κ3) is 2.81. The average Bonchev–Trinajstić information content (AvgIpc) is 2.34. The monoisotopic (exact) mass is 260 g/mol. The van der Waals surface area contributed by atoms with Gasteiger partial charge in [0, 0.05) is 17.5 Å². The number of nitrogens with one attached hydrogen (secondary N) is 1. The van der Waals surface area contributed by atoms with Crippen LogP contribution < -0.4 is 5.32 Å². The molecule has 0 aliphatic carbocycles. The van der Waals surface area contributed by atoms with Crippen LogP contribution in [0.4, 0.5) is 5.69 Å². The second-order valence-electron chi connectivity index (χ2n) is 5.65. The van der Waals surface area contributed by atoms with Crippen molar-refractivity contribution >= 4 is 17.4 Å². The quantitative estimate of drug-likeness (QED) is 0.878. The van der Waals surface area contributed by atoms with E-state index in [-0.39, 0.29) is 0 Å². The lowest BCUT2D eigenvalue weighted by Crippen LogP contribution is -2.41. The predicted octanol–water partition coefficient (Wildman–Crippen LogP) is 3.81. The summed E-state index contributed by atoms with van der Waals surface area (Å²) in [5, 5.41) is 12.6. The van der Waals surface area contributed by atoms with Gasteiger partial charge in [-0.2, -0.15) is 17.0 Å². The first-order chi connectivity index (χ1) is 8.53. The summed E-state index contributed by atoms with van der Waals surface area (Å²) in [5.41, 5.74) is 3.36. The minimum Gasteiger partial charge on any atom is -0.381 e. The average molecular weight is 260 g/mol. The highest BCUT2D eigenvalue weighted by Crippen LogP contribution is 2.36. The second-order valence-corrected chi connectivity index (χ2v) is 6.80. The third-order valence-electron chi connectivity index (χ3n) is 3.81. The lowest BCUT2D eigenvalue weighted by Gasteiger charge is -2.39. The molecule has 96 valence electrons. The van der Waals surface area contributed by atoms with E-state index >= 15 is 0 Å². The topological polar surface area (TPSA) is 35.8 Å². The molecule has 1 saturated heterocycles. The number of thioether (sulfide) groups is 1. The molecule has 1 N–H and O–H groups in total. The fraction of sp³-hybridized carbons (Fsp3) is 0.533. The number of rotatable bonds is 2. The van der Waals surface area contributed by atoms with Gasteiger partial charge in [-0.1, -0.05) is 19.9 Å². The number of anilines is 1. The van der Waals surface area contributed by atoms with Crippen molar-refractivity contribution in [2.45, 2.75) is 33.2 Å². The maximum atomic E-state index is 8.98. The Hall–Kier alpha value is -1.14. The van der Waals surface area contributed by atoms with Crippen LogP contribution in [0.5, 0.6) is 0 Å². The maximum Gasteiger partial charge on any atom is 0.0992 e. The highest BCUT2D eigenvalue weighted by molar-refractivity contribution is 7.99. The van der Waals surface area contributed by atoms with Gasteiger partial charge in [0.15, 0.2) is 0 Å². The standard InChI is InChI=1S/C15H20N2S/c1-11-4-5-12(9-16)8-13(11)17-14-10-18-7-6-15(14,2)3/h4-5,8,14,17H,6-7,10H2,1-3H3. The molecule has 0 radical (unpaired) electrons. The Balaban J connectivity index is 2.20. The van der Waals surface area contributed by atoms with Crippen LogP contribution in [0, 0.1) is 23.7 Å². The SMILES string of the molecule is Cc1ccc(C#N)cc1NC1CSCCC1(C)C. The van der Waals surface area contributed by atoms with Crippen LogP contribution >= 0.6 is 11.8 Å². The summed E-state index contributed by atoms with van der Waals surface area (Å²) in [5.74, 6) is 2.39. The molecule has 1 aliphatic rings. The van der Waals surface area contributed by atoms with E-state index in [0.717, 1.165) is 17.0 Å². The Bertz CT molecular complexity index is 474. The minimum absolute atomic E-state index is 0.320. The van der Waals surface area contributed by atoms with Crippen molar-refractivity contribution in [3.63, 3.8) is 0 Å². The molecule has 1 fully saturated rings. The van der Waals surface area contributed by atoms with E-state index in [4.69, 9.17) is 5.26 Å². The molecule has 0 amide bonds. The fourth-order valence-corrected chi connectivity index (χ4v) is 3.82. The molecule has 0 bridgehead atoms. The van der Waals surface area contributed by atoms with Gasteiger partial charge in [-0.3, -0.25) is 0 Å². The Morgan fingerprint density at radius 1 is 1.44 bits per heavy atom. The zero-order valence-corrected chi connectivity index (χ0v) is 12.1. The number of benzene rings is 1. The van der Waals surface area contributed by atoms with Gasteiger partial charge >= 0.3 is 0 Å². The van der Waals surface area contributed by atoms with Gasteiger partial charge in [-0.25, -0.2) is 0 Å². The molecule has 0 saturated carbocycles. The normalized spacial score (nSPS) is 22.2. The van der Waals surface area contributed by atoms with E-state index in [9.17, 15) is 0 Å². The largest absolute Gasteiger partial charge is 0.381 e. The zero-order valence-electron chi connectivity index (χ0n) is 11.3. The molecular weight excluding hydrogens is 240 g/mol. The van der Waals surface area contributed by atoms with Gasteiger partial charge in [-0.15, -0.1) is 0 Å². The first-order valence-electron chi connectivity index (χ1n) is 6.38. The lowest BCUT2D eigenvalue weighted by molar-refractivity contribution is 0.305. The van der Waals surface area contributed by atoms with Crippen LogP contribution in [0.3, 0.4) is 0 Å². The van der Waals surface area contributed by atoms with Gasteiger partial charge in [-0.05, 0) is 42.2 Å². The zero-order chi connectivity index (χ0) is 13.2. The predicted molar refractivity (Wildman–Crippen MR) is 79.0 cm³/mol. The summed E-state index contributed by atoms with van der Waals surface area (Å²) in [6, 6.07) is 8.54. The molecule has 0 spiro atoms. The van der Waals surface area contributed by atoms with Gasteiger partial charge in [0.1, 0.15) is 0 Å². The molecule has 1 unspecified atom stereocenters. The Morgan fingerprint density at radius 2 is 2.22 bits per heavy atom. The van der Waals surface area contributed by atoms with Crippen LogP contribution in [0.15, 0.2) is 18.2 Å². The van der Waals surface area contributed by atoms with E-state index in [0.29, 0.717) is 11.5 Å². The van der Waals surface area contributed by atoms with Crippen molar-refractivity contribution in [1.82, 2.24) is 0 Å². The van der Waals surface area contributed by atoms with Crippen LogP contribution in [-0.4, -0.2) is 17.5 Å². The highest BCUT2D eigenvalue weighted by atomic mass is 32.2. The molecule has 1 aromatic carbocycles. The van der Waals surface area contributed by atoms with Crippen LogP contribution in [0.1, 0.15) is 31.4 Å². The molecule has 1 atom stereocenters. The van der Waals surface area contributed by atoms with Crippen molar-refractivity contribution in [2.24, 2.45) is 5.41 Å². The number of hydrogen-bond donors (Lipinski definition) is 1. The summed E-state index contributed by atoms with van der Waals surface area (Å²) in [6.07, 6.45) is 1.24. The molecule has 18 heavy (non-hydrogen) atoms. The van der Waals surface area contributed by atoms with E-state index in [2.05, 4.69) is 32.2 Å². The number of aryl methyl sites for hydroxylation is 1. The van der Waals surface area contributed by atoms with E-state index in [1.165, 1.54) is 17.7 Å². The summed E-state index contributed by atoms with van der Waals surface area (Å²) in [4.78, 5) is 0. The molecule has 2 rings (SSSR count). The molecule has 2 nitrogen and oxygen atoms in total. The Kier molecular flexibility index (Phi) is 3.87. The first-order valence-corrected chi connectivity index (χ1v) is 7.53. The fourth-order valence-electron chi connectivity index (χ4n) is 2.21. The van der Waals surface area contributed by atoms with Crippen molar-refractivity contribution in [1.29, 1.82) is 5.26 Å². The van der Waals surface area contributed by atoms with Gasteiger partial charge in [0.25, 0.3) is 0 Å². The second kappa shape index (κ2) is 5.24. The highest BCUT2D eigenvalue weighted by Gasteiger charge is 2.32. The molecule has 0 aromatic heterocycles. The lowest BCUT2D eigenvalue weighted by atomic mass is 9.82. The van der Waals surface area contributed by atoms with Gasteiger partial charge < -0.3 is 5.32 Å².